The third-order valence-corrected chi connectivity index (χ3v) is 10.9. The van der Waals surface area contributed by atoms with Crippen LogP contribution in [0.25, 0.3) is 28.4 Å². The third-order valence-electron chi connectivity index (χ3n) is 10.9. The first-order chi connectivity index (χ1) is 30.9. The van der Waals surface area contributed by atoms with Crippen molar-refractivity contribution in [1.82, 2.24) is 0 Å². The number of esters is 1. The van der Waals surface area contributed by atoms with Crippen LogP contribution in [-0.2, 0) is 28.5 Å². The molecule has 3 aliphatic heterocycles. The molecule has 0 saturated carbocycles. The van der Waals surface area contributed by atoms with Crippen molar-refractivity contribution in [2.45, 2.75) is 99.0 Å². The molecule has 15 unspecified atom stereocenters. The van der Waals surface area contributed by atoms with Crippen LogP contribution in [-0.4, -0.2) is 178 Å². The molecule has 15 atom stereocenters. The molecular formula is C42H46O23. The first kappa shape index (κ1) is 47.3. The van der Waals surface area contributed by atoms with Gasteiger partial charge in [-0.15, -0.1) is 0 Å². The van der Waals surface area contributed by atoms with Gasteiger partial charge in [-0.3, -0.25) is 4.79 Å². The minimum atomic E-state index is -2.09. The van der Waals surface area contributed by atoms with E-state index in [-0.39, 0.29) is 22.6 Å². The van der Waals surface area contributed by atoms with E-state index in [9.17, 15) is 76.0 Å². The third kappa shape index (κ3) is 9.83. The van der Waals surface area contributed by atoms with Crippen LogP contribution in [0.15, 0.2) is 69.9 Å². The van der Waals surface area contributed by atoms with Crippen LogP contribution in [0, 0.1) is 0 Å². The number of carbonyl (C=O) groups excluding carboxylic acids is 1. The van der Waals surface area contributed by atoms with Gasteiger partial charge in [-0.05, 0) is 55.0 Å². The summed E-state index contributed by atoms with van der Waals surface area (Å²) in [5.41, 5.74) is -1.10. The lowest BCUT2D eigenvalue weighted by Gasteiger charge is -2.45. The van der Waals surface area contributed by atoms with Crippen molar-refractivity contribution in [3.05, 3.63) is 76.5 Å². The highest BCUT2D eigenvalue weighted by Crippen LogP contribution is 2.39. The Kier molecular flexibility index (Phi) is 14.2. The molecule has 1 aromatic heterocycles. The number of aliphatic hydroxyl groups is 9. The van der Waals surface area contributed by atoms with Gasteiger partial charge in [0.2, 0.25) is 23.8 Å². The van der Waals surface area contributed by atoms with Gasteiger partial charge >= 0.3 is 5.97 Å². The summed E-state index contributed by atoms with van der Waals surface area (Å²) in [5.74, 6) is -4.21. The topological polar surface area (TPSA) is 375 Å². The second-order valence-corrected chi connectivity index (χ2v) is 15.4. The van der Waals surface area contributed by atoms with E-state index in [2.05, 4.69) is 0 Å². The van der Waals surface area contributed by atoms with Gasteiger partial charge in [0.05, 0.1) is 12.7 Å². The fourth-order valence-corrected chi connectivity index (χ4v) is 7.24. The van der Waals surface area contributed by atoms with Crippen LogP contribution in [0.4, 0.5) is 0 Å². The summed E-state index contributed by atoms with van der Waals surface area (Å²) in [4.78, 5) is 26.9. The number of hydrogen-bond acceptors (Lipinski definition) is 23. The highest BCUT2D eigenvalue weighted by molar-refractivity contribution is 5.88. The second-order valence-electron chi connectivity index (χ2n) is 15.4. The Morgan fingerprint density at radius 1 is 0.677 bits per heavy atom. The van der Waals surface area contributed by atoms with Gasteiger partial charge in [-0.1, -0.05) is 6.07 Å². The Morgan fingerprint density at radius 2 is 1.34 bits per heavy atom. The number of fused-ring (bicyclic) bond motifs is 1. The summed E-state index contributed by atoms with van der Waals surface area (Å²) < 4.78 is 45.6. The predicted molar refractivity (Wildman–Crippen MR) is 214 cm³/mol. The monoisotopic (exact) mass is 918 g/mol. The first-order valence-corrected chi connectivity index (χ1v) is 19.9. The van der Waals surface area contributed by atoms with Gasteiger partial charge in [0.1, 0.15) is 95.9 Å². The van der Waals surface area contributed by atoms with Crippen molar-refractivity contribution in [3.63, 3.8) is 0 Å². The van der Waals surface area contributed by atoms with Crippen molar-refractivity contribution in [2.75, 3.05) is 13.2 Å². The Hall–Kier alpha value is -5.64. The fourth-order valence-electron chi connectivity index (χ4n) is 7.24. The minimum absolute atomic E-state index is 0.0590. The zero-order chi connectivity index (χ0) is 47.0. The Balaban J connectivity index is 1.18. The van der Waals surface area contributed by atoms with Crippen LogP contribution in [0.2, 0.25) is 0 Å². The summed E-state index contributed by atoms with van der Waals surface area (Å²) in [5, 5.41) is 135. The Labute approximate surface area is 365 Å². The van der Waals surface area contributed by atoms with Crippen molar-refractivity contribution in [1.29, 1.82) is 0 Å². The molecule has 65 heavy (non-hydrogen) atoms. The number of benzene rings is 3. The van der Waals surface area contributed by atoms with Crippen LogP contribution in [0.3, 0.4) is 0 Å². The molecule has 0 radical (unpaired) electrons. The first-order valence-electron chi connectivity index (χ1n) is 19.9. The maximum absolute atomic E-state index is 14.4. The number of ether oxygens (including phenoxy) is 7. The Bertz CT molecular complexity index is 2400. The van der Waals surface area contributed by atoms with E-state index in [0.29, 0.717) is 5.56 Å². The SMILES string of the molecule is CC1OC(Oc2cc(O)c3c(=O)c(OC4OC(CO)C(O)C(O)C4OC4OC(COC(=O)C=Cc5ccc(O)c(O)c5)C(O)C(O)C4O)c(-c4ccc(O)cc4)oc3c2)C(O)C(O)C1O. The van der Waals surface area contributed by atoms with E-state index in [0.717, 1.165) is 24.3 Å². The van der Waals surface area contributed by atoms with Gasteiger partial charge in [0.15, 0.2) is 29.7 Å². The lowest BCUT2D eigenvalue weighted by atomic mass is 9.97. The number of carbonyl (C=O) groups is 1. The van der Waals surface area contributed by atoms with Crippen molar-refractivity contribution >= 4 is 23.0 Å². The molecule has 352 valence electrons. The normalized spacial score (nSPS) is 32.9. The van der Waals surface area contributed by atoms with Crippen LogP contribution >= 0.6 is 0 Å². The summed E-state index contributed by atoms with van der Waals surface area (Å²) in [6, 6.07) is 10.8. The smallest absolute Gasteiger partial charge is 0.330 e. The second kappa shape index (κ2) is 19.4. The molecule has 4 aromatic rings. The number of phenolic OH excluding ortho intramolecular Hbond substituents is 4. The van der Waals surface area contributed by atoms with E-state index in [1.165, 1.54) is 49.4 Å². The molecule has 0 amide bonds. The van der Waals surface area contributed by atoms with Gasteiger partial charge in [0, 0.05) is 23.8 Å². The largest absolute Gasteiger partial charge is 0.508 e. The van der Waals surface area contributed by atoms with E-state index < -0.39 is 151 Å². The highest BCUT2D eigenvalue weighted by atomic mass is 16.8. The molecule has 0 bridgehead atoms. The number of aliphatic hydroxyl groups excluding tert-OH is 9. The molecule has 0 spiro atoms. The average Bonchev–Trinajstić information content (AvgIpc) is 3.27. The summed E-state index contributed by atoms with van der Waals surface area (Å²) in [7, 11) is 0. The van der Waals surface area contributed by atoms with Gasteiger partial charge in [0.25, 0.3) is 0 Å². The van der Waals surface area contributed by atoms with Crippen molar-refractivity contribution in [3.8, 4) is 45.8 Å². The zero-order valence-electron chi connectivity index (χ0n) is 33.8. The molecule has 23 heteroatoms. The number of phenols is 4. The summed E-state index contributed by atoms with van der Waals surface area (Å²) >= 11 is 0. The zero-order valence-corrected chi connectivity index (χ0v) is 33.8. The van der Waals surface area contributed by atoms with Crippen molar-refractivity contribution in [2.24, 2.45) is 0 Å². The standard InChI is InChI=1S/C42H46O23/c1-15-28(49)32(53)35(56)40(59-15)60-19-11-22(47)27-23(12-19)61-37(17-4-6-18(44)7-5-17)38(31(27)52)64-42-39(34(55)29(50)24(13-43)62-42)65-41-36(57)33(54)30(51)25(63-41)14-58-26(48)9-3-16-2-8-20(45)21(46)10-16/h2-12,15,24-25,28-30,32-36,39-47,49-51,53-57H,13-14H2,1H3. The van der Waals surface area contributed by atoms with E-state index >= 15 is 0 Å². The quantitative estimate of drug-likeness (QED) is 0.0406. The number of aromatic hydroxyl groups is 4. The van der Waals surface area contributed by atoms with E-state index in [1.807, 2.05) is 0 Å². The molecular weight excluding hydrogens is 872 g/mol. The van der Waals surface area contributed by atoms with Gasteiger partial charge < -0.3 is 104 Å². The molecule has 7 rings (SSSR count). The molecule has 4 heterocycles. The molecule has 3 saturated heterocycles. The molecule has 3 aromatic carbocycles. The summed E-state index contributed by atoms with van der Waals surface area (Å²) in [6.45, 7) is -0.266. The minimum Gasteiger partial charge on any atom is -0.508 e. The van der Waals surface area contributed by atoms with Gasteiger partial charge in [-0.25, -0.2) is 4.79 Å². The van der Waals surface area contributed by atoms with Crippen LogP contribution in [0.5, 0.6) is 34.5 Å². The number of rotatable bonds is 12. The molecule has 0 aliphatic carbocycles. The molecule has 23 nitrogen and oxygen atoms in total. The average molecular weight is 919 g/mol. The van der Waals surface area contributed by atoms with Crippen LogP contribution in [0.1, 0.15) is 12.5 Å². The maximum atomic E-state index is 14.4. The lowest BCUT2D eigenvalue weighted by molar-refractivity contribution is -0.358. The van der Waals surface area contributed by atoms with Crippen LogP contribution < -0.4 is 14.9 Å². The molecule has 3 aliphatic rings. The lowest BCUT2D eigenvalue weighted by Crippen LogP contribution is -2.65. The number of hydrogen-bond donors (Lipinski definition) is 13. The highest BCUT2D eigenvalue weighted by Gasteiger charge is 2.52. The molecule has 13 N–H and O–H groups in total. The molecule has 3 fully saturated rings. The Morgan fingerprint density at radius 3 is 2.03 bits per heavy atom. The predicted octanol–water partition coefficient (Wildman–Crippen LogP) is -2.24. The summed E-state index contributed by atoms with van der Waals surface area (Å²) in [6.07, 6.45) is -24.6. The van der Waals surface area contributed by atoms with E-state index in [1.54, 1.807) is 0 Å². The van der Waals surface area contributed by atoms with Gasteiger partial charge in [-0.2, -0.15) is 0 Å². The van der Waals surface area contributed by atoms with Crippen molar-refractivity contribution < 1.29 is 109 Å². The fraction of sp³-hybridized carbons (Fsp3) is 0.429. The maximum Gasteiger partial charge on any atom is 0.330 e. The van der Waals surface area contributed by atoms with E-state index in [4.69, 9.17) is 37.6 Å².